The van der Waals surface area contributed by atoms with Gasteiger partial charge < -0.3 is 20.1 Å². The molecule has 1 aliphatic carbocycles. The summed E-state index contributed by atoms with van der Waals surface area (Å²) >= 11 is 0. The van der Waals surface area contributed by atoms with Crippen LogP contribution in [-0.4, -0.2) is 49.6 Å². The summed E-state index contributed by atoms with van der Waals surface area (Å²) in [5, 5.41) is 4.96. The van der Waals surface area contributed by atoms with Crippen molar-refractivity contribution < 1.29 is 50.2 Å². The summed E-state index contributed by atoms with van der Waals surface area (Å²) in [6.07, 6.45) is -11.6. The summed E-state index contributed by atoms with van der Waals surface area (Å²) in [6, 6.07) is 8.72. The predicted octanol–water partition coefficient (Wildman–Crippen LogP) is 6.52. The molecule has 8 nitrogen and oxygen atoms in total. The normalized spacial score (nSPS) is 18.1. The van der Waals surface area contributed by atoms with E-state index in [1.807, 2.05) is 0 Å². The quantitative estimate of drug-likeness (QED) is 0.200. The number of rotatable bonds is 12. The van der Waals surface area contributed by atoms with Crippen molar-refractivity contribution in [2.75, 3.05) is 19.0 Å². The lowest BCUT2D eigenvalue weighted by Gasteiger charge is -2.27. The first kappa shape index (κ1) is 34.8. The lowest BCUT2D eigenvalue weighted by molar-refractivity contribution is -0.159. The monoisotopic (exact) mass is 655 g/mol. The maximum Gasteiger partial charge on any atom is 0.416 e. The molecule has 1 heterocycles. The molecule has 2 aromatic carbocycles. The van der Waals surface area contributed by atoms with E-state index in [9.17, 15) is 40.7 Å². The average molecular weight is 656 g/mol. The maximum atomic E-state index is 13.8. The van der Waals surface area contributed by atoms with E-state index in [0.717, 1.165) is 31.0 Å². The van der Waals surface area contributed by atoms with Crippen molar-refractivity contribution >= 4 is 29.2 Å². The number of esters is 1. The molecule has 2 amide bonds. The molecule has 2 aliphatic rings. The summed E-state index contributed by atoms with van der Waals surface area (Å²) in [5.41, 5.74) is -0.892. The van der Waals surface area contributed by atoms with Gasteiger partial charge in [0.05, 0.1) is 42.5 Å². The van der Waals surface area contributed by atoms with E-state index in [0.29, 0.717) is 0 Å². The van der Waals surface area contributed by atoms with Crippen molar-refractivity contribution in [3.05, 3.63) is 59.2 Å². The van der Waals surface area contributed by atoms with E-state index in [1.54, 1.807) is 13.8 Å². The number of fused-ring (bicyclic) bond motifs is 1. The minimum atomic E-state index is -4.70. The molecular weight excluding hydrogens is 620 g/mol. The van der Waals surface area contributed by atoms with Crippen molar-refractivity contribution in [1.29, 1.82) is 0 Å². The largest absolute Gasteiger partial charge is 0.495 e. The number of carbonyl (C=O) groups is 3. The van der Waals surface area contributed by atoms with Gasteiger partial charge in [0.15, 0.2) is 0 Å². The molecule has 250 valence electrons. The number of methoxy groups -OCH3 is 1. The zero-order chi connectivity index (χ0) is 33.8. The fourth-order valence-corrected chi connectivity index (χ4v) is 5.22. The van der Waals surface area contributed by atoms with Gasteiger partial charge in [-0.15, -0.1) is 0 Å². The van der Waals surface area contributed by atoms with Gasteiger partial charge in [0.1, 0.15) is 5.75 Å². The number of nitrogens with one attached hydrogen (secondary N) is 2. The Morgan fingerprint density at radius 3 is 2.35 bits per heavy atom. The van der Waals surface area contributed by atoms with Crippen LogP contribution in [0.25, 0.3) is 0 Å². The molecule has 14 heteroatoms. The van der Waals surface area contributed by atoms with Crippen LogP contribution < -0.4 is 15.4 Å². The highest BCUT2D eigenvalue weighted by Gasteiger charge is 2.42. The molecule has 1 aliphatic heterocycles. The van der Waals surface area contributed by atoms with Gasteiger partial charge in [-0.3, -0.25) is 14.4 Å². The first-order valence-electron chi connectivity index (χ1n) is 14.8. The van der Waals surface area contributed by atoms with Gasteiger partial charge in [-0.1, -0.05) is 51.0 Å². The smallest absolute Gasteiger partial charge is 0.416 e. The van der Waals surface area contributed by atoms with E-state index in [4.69, 9.17) is 9.47 Å². The Hall–Kier alpha value is -4.10. The topological polar surface area (TPSA) is 106 Å². The number of hydrogen-bond acceptors (Lipinski definition) is 6. The Bertz CT molecular complexity index is 1470. The second kappa shape index (κ2) is 14.1. The highest BCUT2D eigenvalue weighted by molar-refractivity contribution is 6.20. The number of amides is 2. The number of para-hydroxylation sites is 1. The summed E-state index contributed by atoms with van der Waals surface area (Å²) in [6.45, 7) is 3.58. The minimum absolute atomic E-state index is 0.00335. The van der Waals surface area contributed by atoms with E-state index in [2.05, 4.69) is 15.6 Å². The third-order valence-corrected chi connectivity index (χ3v) is 7.71. The van der Waals surface area contributed by atoms with Gasteiger partial charge in [0.2, 0.25) is 12.1 Å². The standard InChI is InChI=1S/C32H35F6N3O5/c1-17(2)16-46-30(44)23(14-18-10-11-18)21(12-13-31(33,34)35)28(42)41-27-29(43)40-26-22(8-5-9-24(26)45-3)25(39-27)19-6-4-7-20(15-19)32(36,37)38/h4-9,15,17-18,21,23,27H,10-14,16H2,1-3H3,(H,40,43)(H,41,42). The second-order valence-corrected chi connectivity index (χ2v) is 11.9. The molecule has 0 saturated heterocycles. The molecule has 2 aromatic rings. The van der Waals surface area contributed by atoms with Gasteiger partial charge in [0, 0.05) is 17.5 Å². The van der Waals surface area contributed by atoms with E-state index < -0.39 is 66.5 Å². The number of aliphatic imine (C=N–C) groups is 1. The maximum absolute atomic E-state index is 13.8. The fourth-order valence-electron chi connectivity index (χ4n) is 5.22. The van der Waals surface area contributed by atoms with Crippen molar-refractivity contribution in [2.24, 2.45) is 28.7 Å². The van der Waals surface area contributed by atoms with Crippen LogP contribution >= 0.6 is 0 Å². The number of benzene rings is 2. The molecule has 3 unspecified atom stereocenters. The molecule has 3 atom stereocenters. The third kappa shape index (κ3) is 9.00. The number of halogens is 6. The Balaban J connectivity index is 1.75. The molecule has 2 N–H and O–H groups in total. The number of hydrogen-bond donors (Lipinski definition) is 2. The second-order valence-electron chi connectivity index (χ2n) is 11.9. The first-order chi connectivity index (χ1) is 21.6. The molecule has 46 heavy (non-hydrogen) atoms. The van der Waals surface area contributed by atoms with E-state index in [1.165, 1.54) is 31.4 Å². The zero-order valence-corrected chi connectivity index (χ0v) is 25.4. The van der Waals surface area contributed by atoms with Crippen LogP contribution in [0.4, 0.5) is 32.0 Å². The van der Waals surface area contributed by atoms with E-state index >= 15 is 0 Å². The van der Waals surface area contributed by atoms with Crippen molar-refractivity contribution in [3.8, 4) is 5.75 Å². The molecule has 4 rings (SSSR count). The third-order valence-electron chi connectivity index (χ3n) is 7.71. The van der Waals surface area contributed by atoms with E-state index in [-0.39, 0.29) is 53.1 Å². The van der Waals surface area contributed by atoms with Crippen molar-refractivity contribution in [2.45, 2.75) is 64.5 Å². The van der Waals surface area contributed by atoms with Crippen LogP contribution in [0.15, 0.2) is 47.5 Å². The van der Waals surface area contributed by atoms with Crippen LogP contribution in [0.1, 0.15) is 62.6 Å². The number of ether oxygens (including phenoxy) is 2. The molecule has 0 bridgehead atoms. The van der Waals surface area contributed by atoms with Crippen LogP contribution in [0.3, 0.4) is 0 Å². The summed E-state index contributed by atoms with van der Waals surface area (Å²) in [4.78, 5) is 44.8. The predicted molar refractivity (Wildman–Crippen MR) is 156 cm³/mol. The van der Waals surface area contributed by atoms with Crippen molar-refractivity contribution in [1.82, 2.24) is 5.32 Å². The molecule has 1 fully saturated rings. The summed E-state index contributed by atoms with van der Waals surface area (Å²) in [7, 11) is 1.32. The Morgan fingerprint density at radius 2 is 1.74 bits per heavy atom. The lowest BCUT2D eigenvalue weighted by Crippen LogP contribution is -2.47. The molecule has 0 spiro atoms. The van der Waals surface area contributed by atoms with Gasteiger partial charge in [-0.25, -0.2) is 4.99 Å². The zero-order valence-electron chi connectivity index (χ0n) is 25.4. The fraction of sp³-hybridized carbons (Fsp3) is 0.500. The minimum Gasteiger partial charge on any atom is -0.495 e. The number of anilines is 1. The lowest BCUT2D eigenvalue weighted by atomic mass is 9.83. The number of benzodiazepines with no additional fused rings is 1. The van der Waals surface area contributed by atoms with Crippen LogP contribution in [-0.2, 0) is 25.3 Å². The summed E-state index contributed by atoms with van der Waals surface area (Å²) in [5.74, 6) is -5.39. The highest BCUT2D eigenvalue weighted by atomic mass is 19.4. The Kier molecular flexibility index (Phi) is 10.7. The highest BCUT2D eigenvalue weighted by Crippen LogP contribution is 2.40. The molecule has 0 aromatic heterocycles. The van der Waals surface area contributed by atoms with Crippen LogP contribution in [0, 0.1) is 23.7 Å². The van der Waals surface area contributed by atoms with Crippen LogP contribution in [0.5, 0.6) is 5.75 Å². The van der Waals surface area contributed by atoms with Gasteiger partial charge in [-0.2, -0.15) is 26.3 Å². The Morgan fingerprint density at radius 1 is 1.04 bits per heavy atom. The SMILES string of the molecule is COc1cccc2c1NC(=O)C(NC(=O)C(CCC(F)(F)F)C(CC1CC1)C(=O)OCC(C)C)N=C2c1cccc(C(F)(F)F)c1. The Labute approximate surface area is 261 Å². The number of carbonyl (C=O) groups excluding carboxylic acids is 3. The summed E-state index contributed by atoms with van der Waals surface area (Å²) < 4.78 is 91.8. The average Bonchev–Trinajstić information content (AvgIpc) is 3.82. The number of nitrogens with zero attached hydrogens (tertiary/aromatic N) is 1. The molecular formula is C32H35F6N3O5. The van der Waals surface area contributed by atoms with Crippen LogP contribution in [0.2, 0.25) is 0 Å². The van der Waals surface area contributed by atoms with Gasteiger partial charge >= 0.3 is 18.3 Å². The van der Waals surface area contributed by atoms with Gasteiger partial charge in [0.25, 0.3) is 5.91 Å². The first-order valence-corrected chi connectivity index (χ1v) is 14.8. The molecule has 1 saturated carbocycles. The number of alkyl halides is 6. The molecule has 0 radical (unpaired) electrons. The van der Waals surface area contributed by atoms with Crippen molar-refractivity contribution in [3.63, 3.8) is 0 Å². The van der Waals surface area contributed by atoms with Gasteiger partial charge in [-0.05, 0) is 42.9 Å².